The van der Waals surface area contributed by atoms with Crippen molar-refractivity contribution < 1.29 is 9.90 Å². The lowest BCUT2D eigenvalue weighted by molar-refractivity contribution is 0.0924. The Hall–Kier alpha value is -1.55. The minimum atomic E-state index is -0.107. The van der Waals surface area contributed by atoms with Gasteiger partial charge in [-0.1, -0.05) is 13.0 Å². The molecule has 1 aliphatic rings. The minimum Gasteiger partial charge on any atom is -0.508 e. The zero-order valence-electron chi connectivity index (χ0n) is 10.9. The van der Waals surface area contributed by atoms with Gasteiger partial charge in [-0.05, 0) is 37.9 Å². The van der Waals surface area contributed by atoms with Crippen molar-refractivity contribution in [1.82, 2.24) is 10.6 Å². The molecule has 1 saturated heterocycles. The highest BCUT2D eigenvalue weighted by molar-refractivity contribution is 5.96. The Bertz CT molecular complexity index is 445. The smallest absolute Gasteiger partial charge is 0.251 e. The van der Waals surface area contributed by atoms with E-state index in [0.29, 0.717) is 17.0 Å². The molecule has 0 saturated carbocycles. The fraction of sp³-hybridized carbons (Fsp3) is 0.500. The lowest BCUT2D eigenvalue weighted by Crippen LogP contribution is -2.48. The highest BCUT2D eigenvalue weighted by Gasteiger charge is 2.21. The molecule has 2 rings (SSSR count). The van der Waals surface area contributed by atoms with Crippen LogP contribution in [-0.2, 0) is 0 Å². The lowest BCUT2D eigenvalue weighted by Gasteiger charge is -2.28. The SMILES string of the molecule is Cc1c(O)cccc1C(=O)NC1CNCC(C)C1. The summed E-state index contributed by atoms with van der Waals surface area (Å²) in [4.78, 5) is 12.1. The molecule has 0 aromatic heterocycles. The summed E-state index contributed by atoms with van der Waals surface area (Å²) >= 11 is 0. The standard InChI is InChI=1S/C14H20N2O2/c1-9-6-11(8-15-7-9)16-14(18)12-4-3-5-13(17)10(12)2/h3-5,9,11,15,17H,6-8H2,1-2H3,(H,16,18). The molecular weight excluding hydrogens is 228 g/mol. The number of piperidine rings is 1. The van der Waals surface area contributed by atoms with E-state index in [1.807, 2.05) is 0 Å². The van der Waals surface area contributed by atoms with Gasteiger partial charge in [-0.25, -0.2) is 0 Å². The van der Waals surface area contributed by atoms with Crippen molar-refractivity contribution in [3.63, 3.8) is 0 Å². The average Bonchev–Trinajstić information content (AvgIpc) is 2.32. The van der Waals surface area contributed by atoms with Gasteiger partial charge >= 0.3 is 0 Å². The molecule has 1 aliphatic heterocycles. The minimum absolute atomic E-state index is 0.107. The number of carbonyl (C=O) groups excluding carboxylic acids is 1. The number of carbonyl (C=O) groups is 1. The van der Waals surface area contributed by atoms with Gasteiger partial charge in [0.25, 0.3) is 5.91 Å². The van der Waals surface area contributed by atoms with Gasteiger partial charge in [0.1, 0.15) is 5.75 Å². The Labute approximate surface area is 107 Å². The number of hydrogen-bond donors (Lipinski definition) is 3. The molecule has 0 radical (unpaired) electrons. The zero-order valence-corrected chi connectivity index (χ0v) is 10.9. The van der Waals surface area contributed by atoms with Crippen LogP contribution in [-0.4, -0.2) is 30.1 Å². The lowest BCUT2D eigenvalue weighted by atomic mass is 9.97. The zero-order chi connectivity index (χ0) is 13.1. The van der Waals surface area contributed by atoms with Gasteiger partial charge in [-0.2, -0.15) is 0 Å². The van der Waals surface area contributed by atoms with E-state index in [1.54, 1.807) is 25.1 Å². The Balaban J connectivity index is 2.05. The maximum atomic E-state index is 12.1. The van der Waals surface area contributed by atoms with Gasteiger partial charge in [-0.15, -0.1) is 0 Å². The van der Waals surface area contributed by atoms with Gasteiger partial charge in [0.05, 0.1) is 0 Å². The van der Waals surface area contributed by atoms with E-state index in [2.05, 4.69) is 17.6 Å². The van der Waals surface area contributed by atoms with Crippen molar-refractivity contribution in [2.75, 3.05) is 13.1 Å². The number of phenolic OH excluding ortho intramolecular Hbond substituents is 1. The van der Waals surface area contributed by atoms with Crippen LogP contribution < -0.4 is 10.6 Å². The summed E-state index contributed by atoms with van der Waals surface area (Å²) in [7, 11) is 0. The van der Waals surface area contributed by atoms with E-state index in [9.17, 15) is 9.90 Å². The van der Waals surface area contributed by atoms with Crippen LogP contribution in [0.25, 0.3) is 0 Å². The van der Waals surface area contributed by atoms with Crippen LogP contribution in [0.2, 0.25) is 0 Å². The van der Waals surface area contributed by atoms with Crippen LogP contribution >= 0.6 is 0 Å². The first-order chi connectivity index (χ1) is 8.58. The summed E-state index contributed by atoms with van der Waals surface area (Å²) in [6.07, 6.45) is 0.997. The van der Waals surface area contributed by atoms with Gasteiger partial charge < -0.3 is 15.7 Å². The summed E-state index contributed by atoms with van der Waals surface area (Å²) in [6, 6.07) is 5.20. The molecule has 4 nitrogen and oxygen atoms in total. The maximum absolute atomic E-state index is 12.1. The summed E-state index contributed by atoms with van der Waals surface area (Å²) in [5, 5.41) is 15.9. The fourth-order valence-electron chi connectivity index (χ4n) is 2.40. The number of hydrogen-bond acceptors (Lipinski definition) is 3. The molecule has 1 fully saturated rings. The first-order valence-electron chi connectivity index (χ1n) is 6.38. The summed E-state index contributed by atoms with van der Waals surface area (Å²) in [6.45, 7) is 5.75. The second-order valence-corrected chi connectivity index (χ2v) is 5.12. The molecule has 0 aliphatic carbocycles. The highest BCUT2D eigenvalue weighted by atomic mass is 16.3. The predicted molar refractivity (Wildman–Crippen MR) is 70.7 cm³/mol. The van der Waals surface area contributed by atoms with E-state index in [0.717, 1.165) is 19.5 Å². The summed E-state index contributed by atoms with van der Waals surface area (Å²) < 4.78 is 0. The topological polar surface area (TPSA) is 61.4 Å². The van der Waals surface area contributed by atoms with E-state index in [4.69, 9.17) is 0 Å². The van der Waals surface area contributed by atoms with Crippen molar-refractivity contribution in [3.05, 3.63) is 29.3 Å². The molecule has 2 atom stereocenters. The second kappa shape index (κ2) is 5.40. The van der Waals surface area contributed by atoms with Gasteiger partial charge in [0.2, 0.25) is 0 Å². The molecule has 0 spiro atoms. The molecule has 1 aromatic rings. The summed E-state index contributed by atoms with van der Waals surface area (Å²) in [5.74, 6) is 0.636. The first-order valence-corrected chi connectivity index (χ1v) is 6.38. The normalized spacial score (nSPS) is 23.7. The first kappa shape index (κ1) is 12.9. The van der Waals surface area contributed by atoms with Crippen molar-refractivity contribution >= 4 is 5.91 Å². The molecule has 98 valence electrons. The van der Waals surface area contributed by atoms with Gasteiger partial charge in [0, 0.05) is 23.7 Å². The van der Waals surface area contributed by atoms with Crippen LogP contribution in [0, 0.1) is 12.8 Å². The number of rotatable bonds is 2. The second-order valence-electron chi connectivity index (χ2n) is 5.12. The molecule has 0 bridgehead atoms. The van der Waals surface area contributed by atoms with Crippen molar-refractivity contribution in [3.8, 4) is 5.75 Å². The Morgan fingerprint density at radius 2 is 2.22 bits per heavy atom. The van der Waals surface area contributed by atoms with Crippen molar-refractivity contribution in [2.45, 2.75) is 26.3 Å². The number of nitrogens with one attached hydrogen (secondary N) is 2. The highest BCUT2D eigenvalue weighted by Crippen LogP contribution is 2.20. The number of aromatic hydroxyl groups is 1. The average molecular weight is 248 g/mol. The van der Waals surface area contributed by atoms with Crippen molar-refractivity contribution in [2.24, 2.45) is 5.92 Å². The van der Waals surface area contributed by atoms with Gasteiger partial charge in [0.15, 0.2) is 0 Å². The molecular formula is C14H20N2O2. The molecule has 18 heavy (non-hydrogen) atoms. The quantitative estimate of drug-likeness (QED) is 0.742. The fourth-order valence-corrected chi connectivity index (χ4v) is 2.40. The molecule has 2 unspecified atom stereocenters. The largest absolute Gasteiger partial charge is 0.508 e. The maximum Gasteiger partial charge on any atom is 0.251 e. The third-order valence-electron chi connectivity index (χ3n) is 3.46. The number of benzene rings is 1. The van der Waals surface area contributed by atoms with Crippen LogP contribution in [0.15, 0.2) is 18.2 Å². The van der Waals surface area contributed by atoms with Crippen molar-refractivity contribution in [1.29, 1.82) is 0 Å². The van der Waals surface area contributed by atoms with Gasteiger partial charge in [-0.3, -0.25) is 4.79 Å². The molecule has 4 heteroatoms. The van der Waals surface area contributed by atoms with Crippen LogP contribution in [0.5, 0.6) is 5.75 Å². The third kappa shape index (κ3) is 2.82. The Morgan fingerprint density at radius 1 is 1.44 bits per heavy atom. The van der Waals surface area contributed by atoms with Crippen LogP contribution in [0.4, 0.5) is 0 Å². The summed E-state index contributed by atoms with van der Waals surface area (Å²) in [5.41, 5.74) is 1.18. The van der Waals surface area contributed by atoms with E-state index >= 15 is 0 Å². The number of phenols is 1. The Morgan fingerprint density at radius 3 is 2.94 bits per heavy atom. The molecule has 1 amide bonds. The molecule has 1 heterocycles. The van der Waals surface area contributed by atoms with Crippen LogP contribution in [0.1, 0.15) is 29.3 Å². The van der Waals surface area contributed by atoms with E-state index < -0.39 is 0 Å². The van der Waals surface area contributed by atoms with E-state index in [1.165, 1.54) is 0 Å². The van der Waals surface area contributed by atoms with Crippen LogP contribution in [0.3, 0.4) is 0 Å². The Kier molecular flexibility index (Phi) is 3.87. The third-order valence-corrected chi connectivity index (χ3v) is 3.46. The molecule has 1 aromatic carbocycles. The molecule has 3 N–H and O–H groups in total. The number of amides is 1. The van der Waals surface area contributed by atoms with E-state index in [-0.39, 0.29) is 17.7 Å². The predicted octanol–water partition coefficient (Wildman–Crippen LogP) is 1.43. The monoisotopic (exact) mass is 248 g/mol.